The molecule has 0 fully saturated rings. The van der Waals surface area contributed by atoms with Crippen LogP contribution in [0.1, 0.15) is 15.2 Å². The van der Waals surface area contributed by atoms with Crippen molar-refractivity contribution in [3.63, 3.8) is 0 Å². The Morgan fingerprint density at radius 1 is 1.50 bits per heavy atom. The Balaban J connectivity index is 2.09. The van der Waals surface area contributed by atoms with E-state index in [4.69, 9.17) is 4.84 Å². The third kappa shape index (κ3) is 2.95. The summed E-state index contributed by atoms with van der Waals surface area (Å²) in [4.78, 5) is 21.1. The lowest BCUT2D eigenvalue weighted by Crippen LogP contribution is -2.25. The molecule has 0 radical (unpaired) electrons. The van der Waals surface area contributed by atoms with Crippen LogP contribution in [0.2, 0.25) is 0 Å². The van der Waals surface area contributed by atoms with Crippen LogP contribution in [0, 0.1) is 5.82 Å². The summed E-state index contributed by atoms with van der Waals surface area (Å²) in [6.45, 7) is 5.19. The highest BCUT2D eigenvalue weighted by Crippen LogP contribution is 2.41. The fourth-order valence-electron chi connectivity index (χ4n) is 2.87. The maximum Gasteiger partial charge on any atom is 0.287 e. The summed E-state index contributed by atoms with van der Waals surface area (Å²) >= 11 is 1.42. The van der Waals surface area contributed by atoms with Gasteiger partial charge in [0.2, 0.25) is 0 Å². The summed E-state index contributed by atoms with van der Waals surface area (Å²) in [5.41, 5.74) is 2.90. The fraction of sp³-hybridized carbons (Fsp3) is 0.278. The van der Waals surface area contributed by atoms with Gasteiger partial charge >= 0.3 is 0 Å². The molecule has 0 bridgehead atoms. The lowest BCUT2D eigenvalue weighted by molar-refractivity contribution is -0.0753. The molecule has 1 aromatic carbocycles. The molecule has 0 aliphatic carbocycles. The largest absolute Gasteiger partial charge is 0.367 e. The Hall–Kier alpha value is -2.18. The van der Waals surface area contributed by atoms with Gasteiger partial charge in [0, 0.05) is 36.3 Å². The molecule has 1 amide bonds. The van der Waals surface area contributed by atoms with Crippen molar-refractivity contribution in [1.82, 2.24) is 5.06 Å². The summed E-state index contributed by atoms with van der Waals surface area (Å²) in [6, 6.07) is 6.72. The molecule has 2 heterocycles. The zero-order valence-electron chi connectivity index (χ0n) is 13.7. The van der Waals surface area contributed by atoms with Crippen LogP contribution in [-0.2, 0) is 11.3 Å². The Bertz CT molecular complexity index is 787. The van der Waals surface area contributed by atoms with Gasteiger partial charge in [0.25, 0.3) is 5.91 Å². The SMILES string of the molecule is C=CCN1CCc2cc(C(=O)N(C)OC)sc2-c2ccc(F)cc21. The van der Waals surface area contributed by atoms with Gasteiger partial charge in [0.1, 0.15) is 5.82 Å². The highest BCUT2D eigenvalue weighted by molar-refractivity contribution is 7.17. The Morgan fingerprint density at radius 2 is 2.29 bits per heavy atom. The molecule has 0 atom stereocenters. The number of benzene rings is 1. The maximum absolute atomic E-state index is 13.8. The summed E-state index contributed by atoms with van der Waals surface area (Å²) in [5, 5.41) is 1.21. The minimum Gasteiger partial charge on any atom is -0.367 e. The van der Waals surface area contributed by atoms with Crippen LogP contribution in [0.3, 0.4) is 0 Å². The van der Waals surface area contributed by atoms with Gasteiger partial charge in [-0.15, -0.1) is 17.9 Å². The highest BCUT2D eigenvalue weighted by Gasteiger charge is 2.25. The first-order valence-corrected chi connectivity index (χ1v) is 8.47. The van der Waals surface area contributed by atoms with Crippen LogP contribution in [0.5, 0.6) is 0 Å². The predicted molar refractivity (Wildman–Crippen MR) is 94.9 cm³/mol. The summed E-state index contributed by atoms with van der Waals surface area (Å²) < 4.78 is 13.8. The molecule has 3 rings (SSSR count). The maximum atomic E-state index is 13.8. The van der Waals surface area contributed by atoms with Gasteiger partial charge in [-0.1, -0.05) is 6.08 Å². The molecule has 126 valence electrons. The molecule has 1 aliphatic rings. The zero-order valence-corrected chi connectivity index (χ0v) is 14.5. The average molecular weight is 346 g/mol. The van der Waals surface area contributed by atoms with Gasteiger partial charge in [0.05, 0.1) is 12.0 Å². The topological polar surface area (TPSA) is 32.8 Å². The molecule has 4 nitrogen and oxygen atoms in total. The highest BCUT2D eigenvalue weighted by atomic mass is 32.1. The minimum atomic E-state index is -0.266. The lowest BCUT2D eigenvalue weighted by Gasteiger charge is -2.23. The van der Waals surface area contributed by atoms with E-state index in [1.165, 1.54) is 29.6 Å². The molecule has 6 heteroatoms. The van der Waals surface area contributed by atoms with Gasteiger partial charge in [-0.05, 0) is 36.2 Å². The Morgan fingerprint density at radius 3 is 3.00 bits per heavy atom. The van der Waals surface area contributed by atoms with Crippen molar-refractivity contribution in [3.05, 3.63) is 53.2 Å². The van der Waals surface area contributed by atoms with E-state index >= 15 is 0 Å². The van der Waals surface area contributed by atoms with Gasteiger partial charge in [-0.3, -0.25) is 9.63 Å². The van der Waals surface area contributed by atoms with Crippen LogP contribution in [-0.4, -0.2) is 38.2 Å². The lowest BCUT2D eigenvalue weighted by atomic mass is 10.1. The van der Waals surface area contributed by atoms with Crippen molar-refractivity contribution in [2.24, 2.45) is 0 Å². The van der Waals surface area contributed by atoms with Crippen LogP contribution in [0.4, 0.5) is 10.1 Å². The first-order valence-electron chi connectivity index (χ1n) is 7.65. The van der Waals surface area contributed by atoms with E-state index in [0.717, 1.165) is 34.7 Å². The van der Waals surface area contributed by atoms with E-state index in [1.54, 1.807) is 19.2 Å². The Labute approximate surface area is 144 Å². The number of rotatable bonds is 4. The molecule has 0 spiro atoms. The molecule has 2 aromatic rings. The number of fused-ring (bicyclic) bond motifs is 3. The van der Waals surface area contributed by atoms with Gasteiger partial charge in [-0.2, -0.15) is 0 Å². The van der Waals surface area contributed by atoms with Crippen molar-refractivity contribution in [3.8, 4) is 10.4 Å². The first-order chi connectivity index (χ1) is 11.5. The number of hydroxylamine groups is 2. The number of halogens is 1. The van der Waals surface area contributed by atoms with Crippen LogP contribution in [0.25, 0.3) is 10.4 Å². The van der Waals surface area contributed by atoms with E-state index in [0.29, 0.717) is 11.4 Å². The smallest absolute Gasteiger partial charge is 0.287 e. The second kappa shape index (κ2) is 6.75. The van der Waals surface area contributed by atoms with Crippen molar-refractivity contribution >= 4 is 22.9 Å². The number of amides is 1. The first kappa shape index (κ1) is 16.7. The zero-order chi connectivity index (χ0) is 17.3. The fourth-order valence-corrected chi connectivity index (χ4v) is 4.08. The number of hydrogen-bond acceptors (Lipinski definition) is 4. The van der Waals surface area contributed by atoms with E-state index in [9.17, 15) is 9.18 Å². The van der Waals surface area contributed by atoms with E-state index < -0.39 is 0 Å². The van der Waals surface area contributed by atoms with Crippen LogP contribution in [0.15, 0.2) is 36.9 Å². The molecule has 0 N–H and O–H groups in total. The monoisotopic (exact) mass is 346 g/mol. The second-order valence-electron chi connectivity index (χ2n) is 5.60. The normalized spacial score (nSPS) is 13.0. The third-order valence-electron chi connectivity index (χ3n) is 4.13. The second-order valence-corrected chi connectivity index (χ2v) is 6.65. The minimum absolute atomic E-state index is 0.179. The van der Waals surface area contributed by atoms with E-state index in [-0.39, 0.29) is 11.7 Å². The quantitative estimate of drug-likeness (QED) is 0.625. The third-order valence-corrected chi connectivity index (χ3v) is 5.32. The molecular formula is C18H19FN2O2S. The van der Waals surface area contributed by atoms with Crippen molar-refractivity contribution in [2.75, 3.05) is 32.1 Å². The van der Waals surface area contributed by atoms with Gasteiger partial charge < -0.3 is 4.90 Å². The number of carbonyl (C=O) groups excluding carboxylic acids is 1. The van der Waals surface area contributed by atoms with Crippen molar-refractivity contribution < 1.29 is 14.0 Å². The van der Waals surface area contributed by atoms with E-state index in [2.05, 4.69) is 11.5 Å². The Kier molecular flexibility index (Phi) is 4.69. The van der Waals surface area contributed by atoms with Crippen molar-refractivity contribution in [2.45, 2.75) is 6.42 Å². The van der Waals surface area contributed by atoms with E-state index in [1.807, 2.05) is 12.1 Å². The predicted octanol–water partition coefficient (Wildman–Crippen LogP) is 3.74. The molecular weight excluding hydrogens is 327 g/mol. The molecule has 1 aromatic heterocycles. The summed E-state index contributed by atoms with van der Waals surface area (Å²) in [5.74, 6) is -0.444. The molecule has 1 aliphatic heterocycles. The molecule has 0 saturated heterocycles. The van der Waals surface area contributed by atoms with Gasteiger partial charge in [-0.25, -0.2) is 9.45 Å². The molecule has 0 saturated carbocycles. The number of thiophene rings is 1. The molecule has 0 unspecified atom stereocenters. The average Bonchev–Trinajstić information content (AvgIpc) is 2.95. The molecule has 24 heavy (non-hydrogen) atoms. The van der Waals surface area contributed by atoms with Gasteiger partial charge in [0.15, 0.2) is 0 Å². The summed E-state index contributed by atoms with van der Waals surface area (Å²) in [6.07, 6.45) is 2.61. The van der Waals surface area contributed by atoms with Crippen LogP contribution >= 0.6 is 11.3 Å². The number of carbonyl (C=O) groups is 1. The number of anilines is 1. The number of hydrogen-bond donors (Lipinski definition) is 0. The van der Waals surface area contributed by atoms with Crippen molar-refractivity contribution in [1.29, 1.82) is 0 Å². The number of nitrogens with zero attached hydrogens (tertiary/aromatic N) is 2. The van der Waals surface area contributed by atoms with Crippen LogP contribution < -0.4 is 4.90 Å². The standard InChI is InChI=1S/C18H19FN2O2S/c1-4-8-21-9-7-12-10-16(18(22)20(2)23-3)24-17(12)14-6-5-13(19)11-15(14)21/h4-6,10-11H,1,7-9H2,2-3H3. The summed E-state index contributed by atoms with van der Waals surface area (Å²) in [7, 11) is 3.05.